The first-order valence-electron chi connectivity index (χ1n) is 8.97. The van der Waals surface area contributed by atoms with Crippen LogP contribution in [-0.4, -0.2) is 50.6 Å². The van der Waals surface area contributed by atoms with Gasteiger partial charge in [0.2, 0.25) is 15.9 Å². The van der Waals surface area contributed by atoms with Crippen LogP contribution in [0.1, 0.15) is 11.1 Å². The summed E-state index contributed by atoms with van der Waals surface area (Å²) in [6.07, 6.45) is 0. The molecule has 1 amide bonds. The Morgan fingerprint density at radius 3 is 2.39 bits per heavy atom. The summed E-state index contributed by atoms with van der Waals surface area (Å²) in [4.78, 5) is 14.3. The summed E-state index contributed by atoms with van der Waals surface area (Å²) in [5.74, 6) is -1.19. The molecule has 2 aromatic rings. The van der Waals surface area contributed by atoms with Crippen molar-refractivity contribution in [3.63, 3.8) is 0 Å². The van der Waals surface area contributed by atoms with Crippen LogP contribution >= 0.6 is 0 Å². The Bertz CT molecular complexity index is 989. The average molecular weight is 398 g/mol. The van der Waals surface area contributed by atoms with Gasteiger partial charge < -0.3 is 10.2 Å². The monoisotopic (exact) mass is 398 g/mol. The van der Waals surface area contributed by atoms with Crippen molar-refractivity contribution in [2.75, 3.05) is 42.1 Å². The van der Waals surface area contributed by atoms with Gasteiger partial charge in [0.15, 0.2) is 0 Å². The summed E-state index contributed by atoms with van der Waals surface area (Å²) in [5, 5.41) is 11.4. The fourth-order valence-corrected chi connectivity index (χ4v) is 4.44. The zero-order chi connectivity index (χ0) is 20.1. The van der Waals surface area contributed by atoms with Crippen LogP contribution in [0.3, 0.4) is 0 Å². The Kier molecular flexibility index (Phi) is 5.97. The average Bonchev–Trinajstić information content (AvgIpc) is 2.68. The molecule has 1 heterocycles. The molecule has 3 rings (SSSR count). The van der Waals surface area contributed by atoms with Crippen molar-refractivity contribution in [2.45, 2.75) is 6.92 Å². The van der Waals surface area contributed by atoms with E-state index < -0.39 is 21.7 Å². The summed E-state index contributed by atoms with van der Waals surface area (Å²) in [6, 6.07) is 16.4. The second-order valence-electron chi connectivity index (χ2n) is 6.72. The number of nitrogens with one attached hydrogen (secondary N) is 1. The summed E-state index contributed by atoms with van der Waals surface area (Å²) in [7, 11) is -3.69. The summed E-state index contributed by atoms with van der Waals surface area (Å²) >= 11 is 0. The van der Waals surface area contributed by atoms with Crippen molar-refractivity contribution in [2.24, 2.45) is 0 Å². The van der Waals surface area contributed by atoms with Gasteiger partial charge >= 0.3 is 0 Å². The molecule has 1 aliphatic rings. The molecule has 1 fully saturated rings. The SMILES string of the molecule is Cc1cccc(N2CCN(S(=O)(=O)CC(=O)Nc3ccc(C#N)cc3)CC2)c1. The fraction of sp³-hybridized carbons (Fsp3) is 0.300. The van der Waals surface area contributed by atoms with E-state index in [1.165, 1.54) is 4.31 Å². The third kappa shape index (κ3) is 4.88. The minimum absolute atomic E-state index is 0.348. The molecule has 0 saturated carbocycles. The summed E-state index contributed by atoms with van der Waals surface area (Å²) in [6.45, 7) is 3.89. The molecule has 1 aliphatic heterocycles. The smallest absolute Gasteiger partial charge is 0.241 e. The number of sulfonamides is 1. The van der Waals surface area contributed by atoms with Crippen molar-refractivity contribution in [3.05, 3.63) is 59.7 Å². The number of carbonyl (C=O) groups is 1. The molecule has 28 heavy (non-hydrogen) atoms. The predicted molar refractivity (Wildman–Crippen MR) is 109 cm³/mol. The number of piperazine rings is 1. The van der Waals surface area contributed by atoms with Gasteiger partial charge in [-0.2, -0.15) is 9.57 Å². The van der Waals surface area contributed by atoms with Crippen LogP contribution in [0.4, 0.5) is 11.4 Å². The van der Waals surface area contributed by atoms with E-state index in [2.05, 4.69) is 16.3 Å². The highest BCUT2D eigenvalue weighted by molar-refractivity contribution is 7.89. The Morgan fingerprint density at radius 1 is 1.11 bits per heavy atom. The Hall–Kier alpha value is -2.89. The van der Waals surface area contributed by atoms with Crippen LogP contribution in [0.2, 0.25) is 0 Å². The van der Waals surface area contributed by atoms with Gasteiger partial charge in [0.05, 0.1) is 11.6 Å². The first kappa shape index (κ1) is 19.9. The van der Waals surface area contributed by atoms with E-state index in [9.17, 15) is 13.2 Å². The quantitative estimate of drug-likeness (QED) is 0.831. The maximum absolute atomic E-state index is 12.6. The normalized spacial score (nSPS) is 15.1. The topological polar surface area (TPSA) is 93.5 Å². The first-order valence-corrected chi connectivity index (χ1v) is 10.6. The molecule has 8 heteroatoms. The number of aryl methyl sites for hydroxylation is 1. The molecule has 7 nitrogen and oxygen atoms in total. The molecule has 0 bridgehead atoms. The molecular weight excluding hydrogens is 376 g/mol. The summed E-state index contributed by atoms with van der Waals surface area (Å²) < 4.78 is 26.5. The van der Waals surface area contributed by atoms with Crippen LogP contribution in [-0.2, 0) is 14.8 Å². The van der Waals surface area contributed by atoms with E-state index in [0.717, 1.165) is 11.3 Å². The zero-order valence-corrected chi connectivity index (χ0v) is 16.4. The second-order valence-corrected chi connectivity index (χ2v) is 8.69. The number of benzene rings is 2. The van der Waals surface area contributed by atoms with Gasteiger partial charge in [-0.3, -0.25) is 4.79 Å². The van der Waals surface area contributed by atoms with Gasteiger partial charge in [-0.15, -0.1) is 0 Å². The van der Waals surface area contributed by atoms with Crippen LogP contribution in [0.5, 0.6) is 0 Å². The van der Waals surface area contributed by atoms with Gasteiger partial charge in [0.25, 0.3) is 0 Å². The molecule has 0 atom stereocenters. The highest BCUT2D eigenvalue weighted by Crippen LogP contribution is 2.19. The van der Waals surface area contributed by atoms with Crippen molar-refractivity contribution < 1.29 is 13.2 Å². The highest BCUT2D eigenvalue weighted by Gasteiger charge is 2.29. The van der Waals surface area contributed by atoms with E-state index in [0.29, 0.717) is 37.4 Å². The first-order chi connectivity index (χ1) is 13.4. The third-order valence-electron chi connectivity index (χ3n) is 4.61. The number of anilines is 2. The molecule has 0 unspecified atom stereocenters. The van der Waals surface area contributed by atoms with Gasteiger partial charge in [0.1, 0.15) is 5.75 Å². The number of hydrogen-bond acceptors (Lipinski definition) is 5. The van der Waals surface area contributed by atoms with Crippen LogP contribution in [0, 0.1) is 18.3 Å². The van der Waals surface area contributed by atoms with Gasteiger partial charge in [0, 0.05) is 37.6 Å². The minimum Gasteiger partial charge on any atom is -0.369 e. The van der Waals surface area contributed by atoms with E-state index in [-0.39, 0.29) is 0 Å². The number of nitrogens with zero attached hydrogens (tertiary/aromatic N) is 3. The molecule has 1 N–H and O–H groups in total. The number of nitriles is 1. The predicted octanol–water partition coefficient (Wildman–Crippen LogP) is 1.96. The molecule has 0 radical (unpaired) electrons. The van der Waals surface area contributed by atoms with Crippen LogP contribution < -0.4 is 10.2 Å². The minimum atomic E-state index is -3.69. The van der Waals surface area contributed by atoms with Crippen molar-refractivity contribution in [1.29, 1.82) is 5.26 Å². The number of amides is 1. The second kappa shape index (κ2) is 8.42. The van der Waals surface area contributed by atoms with E-state index in [1.807, 2.05) is 31.2 Å². The number of carbonyl (C=O) groups excluding carboxylic acids is 1. The lowest BCUT2D eigenvalue weighted by Gasteiger charge is -2.35. The van der Waals surface area contributed by atoms with Crippen molar-refractivity contribution in [3.8, 4) is 6.07 Å². The Morgan fingerprint density at radius 2 is 1.79 bits per heavy atom. The number of hydrogen-bond donors (Lipinski definition) is 1. The van der Waals surface area contributed by atoms with E-state index in [1.54, 1.807) is 24.3 Å². The highest BCUT2D eigenvalue weighted by atomic mass is 32.2. The maximum Gasteiger partial charge on any atom is 0.241 e. The lowest BCUT2D eigenvalue weighted by molar-refractivity contribution is -0.113. The molecular formula is C20H22N4O3S. The molecule has 146 valence electrons. The van der Waals surface area contributed by atoms with Gasteiger partial charge in [-0.05, 0) is 48.9 Å². The zero-order valence-electron chi connectivity index (χ0n) is 15.6. The molecule has 1 saturated heterocycles. The molecule has 2 aromatic carbocycles. The Labute approximate surface area is 165 Å². The van der Waals surface area contributed by atoms with Crippen LogP contribution in [0.25, 0.3) is 0 Å². The Balaban J connectivity index is 1.56. The van der Waals surface area contributed by atoms with Gasteiger partial charge in [-0.1, -0.05) is 12.1 Å². The maximum atomic E-state index is 12.6. The number of rotatable bonds is 5. The van der Waals surface area contributed by atoms with Crippen molar-refractivity contribution in [1.82, 2.24) is 4.31 Å². The van der Waals surface area contributed by atoms with E-state index in [4.69, 9.17) is 5.26 Å². The van der Waals surface area contributed by atoms with Crippen molar-refractivity contribution >= 4 is 27.3 Å². The lowest BCUT2D eigenvalue weighted by atomic mass is 10.2. The van der Waals surface area contributed by atoms with Crippen LogP contribution in [0.15, 0.2) is 48.5 Å². The molecule has 0 aromatic heterocycles. The molecule has 0 aliphatic carbocycles. The lowest BCUT2D eigenvalue weighted by Crippen LogP contribution is -2.50. The standard InChI is InChI=1S/C20H22N4O3S/c1-16-3-2-4-19(13-16)23-9-11-24(12-10-23)28(26,27)15-20(25)22-18-7-5-17(14-21)6-8-18/h2-8,13H,9-12,15H2,1H3,(H,22,25). The molecule has 0 spiro atoms. The van der Waals surface area contributed by atoms with Gasteiger partial charge in [-0.25, -0.2) is 8.42 Å². The largest absolute Gasteiger partial charge is 0.369 e. The third-order valence-corrected chi connectivity index (χ3v) is 6.39. The fourth-order valence-electron chi connectivity index (χ4n) is 3.13. The van der Waals surface area contributed by atoms with E-state index >= 15 is 0 Å². The summed E-state index contributed by atoms with van der Waals surface area (Å²) in [5.41, 5.74) is 3.17.